The van der Waals surface area contributed by atoms with Gasteiger partial charge in [0.2, 0.25) is 5.88 Å². The smallest absolute Gasteiger partial charge is 0.271 e. The molecule has 0 unspecified atom stereocenters. The Kier molecular flexibility index (Phi) is 7.81. The van der Waals surface area contributed by atoms with Gasteiger partial charge in [-0.15, -0.1) is 5.10 Å². The van der Waals surface area contributed by atoms with E-state index in [1.54, 1.807) is 24.3 Å². The highest BCUT2D eigenvalue weighted by Gasteiger charge is 2.16. The number of piperazine rings is 1. The van der Waals surface area contributed by atoms with E-state index < -0.39 is 0 Å². The monoisotopic (exact) mass is 472 g/mol. The SMILES string of the molecule is O=c1ccc(OCCCN2CCN(Cc3ccccc3)CC2)nn1-c1ccc(Cl)c(Cl)c1. The van der Waals surface area contributed by atoms with Gasteiger partial charge >= 0.3 is 0 Å². The zero-order valence-electron chi connectivity index (χ0n) is 17.8. The quantitative estimate of drug-likeness (QED) is 0.461. The minimum absolute atomic E-state index is 0.260. The number of benzene rings is 2. The number of rotatable bonds is 8. The molecule has 0 amide bonds. The molecule has 1 fully saturated rings. The van der Waals surface area contributed by atoms with E-state index in [9.17, 15) is 4.79 Å². The third-order valence-corrected chi connectivity index (χ3v) is 6.25. The molecule has 0 saturated carbocycles. The molecule has 1 aliphatic rings. The van der Waals surface area contributed by atoms with E-state index in [2.05, 4.69) is 45.2 Å². The standard InChI is InChI=1S/C24H26Cl2N4O2/c25-21-8-7-20(17-22(21)26)30-24(31)10-9-23(27-30)32-16-4-11-28-12-14-29(15-13-28)18-19-5-2-1-3-6-19/h1-3,5-10,17H,4,11-16,18H2. The average Bonchev–Trinajstić information content (AvgIpc) is 2.81. The number of aromatic nitrogens is 2. The normalized spacial score (nSPS) is 15.1. The molecular weight excluding hydrogens is 447 g/mol. The molecule has 0 atom stereocenters. The average molecular weight is 473 g/mol. The summed E-state index contributed by atoms with van der Waals surface area (Å²) < 4.78 is 7.07. The summed E-state index contributed by atoms with van der Waals surface area (Å²) in [5, 5.41) is 5.10. The van der Waals surface area contributed by atoms with Crippen LogP contribution in [0.15, 0.2) is 65.5 Å². The summed E-state index contributed by atoms with van der Waals surface area (Å²) in [6.45, 7) is 6.80. The van der Waals surface area contributed by atoms with Crippen molar-refractivity contribution in [3.63, 3.8) is 0 Å². The largest absolute Gasteiger partial charge is 0.477 e. The summed E-state index contributed by atoms with van der Waals surface area (Å²) in [6.07, 6.45) is 0.895. The van der Waals surface area contributed by atoms with Crippen molar-refractivity contribution in [1.82, 2.24) is 19.6 Å². The summed E-state index contributed by atoms with van der Waals surface area (Å²) in [6, 6.07) is 18.6. The van der Waals surface area contributed by atoms with Crippen molar-refractivity contribution >= 4 is 23.2 Å². The van der Waals surface area contributed by atoms with Crippen molar-refractivity contribution in [2.45, 2.75) is 13.0 Å². The zero-order chi connectivity index (χ0) is 22.3. The Morgan fingerprint density at radius 3 is 2.38 bits per heavy atom. The van der Waals surface area contributed by atoms with Gasteiger partial charge in [0.15, 0.2) is 0 Å². The van der Waals surface area contributed by atoms with E-state index >= 15 is 0 Å². The van der Waals surface area contributed by atoms with Gasteiger partial charge in [-0.2, -0.15) is 4.68 Å². The fraction of sp³-hybridized carbons (Fsp3) is 0.333. The topological polar surface area (TPSA) is 50.6 Å². The van der Waals surface area contributed by atoms with Crippen molar-refractivity contribution in [3.05, 3.63) is 86.6 Å². The Bertz CT molecular complexity index is 1080. The van der Waals surface area contributed by atoms with Gasteiger partial charge in [-0.05, 0) is 30.2 Å². The highest BCUT2D eigenvalue weighted by molar-refractivity contribution is 6.42. The Labute approximate surface area is 197 Å². The van der Waals surface area contributed by atoms with Crippen LogP contribution < -0.4 is 10.3 Å². The minimum Gasteiger partial charge on any atom is -0.477 e. The Morgan fingerprint density at radius 2 is 1.62 bits per heavy atom. The maximum atomic E-state index is 12.2. The second-order valence-electron chi connectivity index (χ2n) is 7.83. The van der Waals surface area contributed by atoms with Crippen molar-refractivity contribution < 1.29 is 4.74 Å². The number of hydrogen-bond donors (Lipinski definition) is 0. The van der Waals surface area contributed by atoms with Crippen LogP contribution in [-0.4, -0.2) is 58.9 Å². The lowest BCUT2D eigenvalue weighted by Gasteiger charge is -2.34. The van der Waals surface area contributed by atoms with Crippen LogP contribution in [-0.2, 0) is 6.54 Å². The first kappa shape index (κ1) is 22.8. The van der Waals surface area contributed by atoms with Crippen molar-refractivity contribution in [1.29, 1.82) is 0 Å². The fourth-order valence-electron chi connectivity index (χ4n) is 3.75. The maximum Gasteiger partial charge on any atom is 0.271 e. The van der Waals surface area contributed by atoms with Crippen molar-refractivity contribution in [2.75, 3.05) is 39.3 Å². The first-order valence-electron chi connectivity index (χ1n) is 10.8. The van der Waals surface area contributed by atoms with Gasteiger partial charge in [0, 0.05) is 51.4 Å². The molecule has 1 aromatic heterocycles. The minimum atomic E-state index is -0.260. The molecule has 2 aromatic carbocycles. The molecule has 0 spiro atoms. The van der Waals surface area contributed by atoms with Gasteiger partial charge in [0.1, 0.15) is 0 Å². The third kappa shape index (κ3) is 6.11. The van der Waals surface area contributed by atoms with Crippen LogP contribution in [0.4, 0.5) is 0 Å². The highest BCUT2D eigenvalue weighted by Crippen LogP contribution is 2.23. The number of hydrogen-bond acceptors (Lipinski definition) is 5. The molecule has 1 saturated heterocycles. The van der Waals surface area contributed by atoms with E-state index in [1.807, 2.05) is 0 Å². The number of ether oxygens (including phenoxy) is 1. The Balaban J connectivity index is 1.22. The number of nitrogens with zero attached hydrogens (tertiary/aromatic N) is 4. The van der Waals surface area contributed by atoms with E-state index in [4.69, 9.17) is 27.9 Å². The molecule has 32 heavy (non-hydrogen) atoms. The van der Waals surface area contributed by atoms with Gasteiger partial charge in [0.25, 0.3) is 5.56 Å². The predicted molar refractivity (Wildman–Crippen MR) is 128 cm³/mol. The van der Waals surface area contributed by atoms with Crippen LogP contribution in [0.5, 0.6) is 5.88 Å². The number of halogens is 2. The lowest BCUT2D eigenvalue weighted by molar-refractivity contribution is 0.121. The summed E-state index contributed by atoms with van der Waals surface area (Å²) in [5.74, 6) is 0.406. The van der Waals surface area contributed by atoms with Crippen molar-refractivity contribution in [2.24, 2.45) is 0 Å². The molecule has 0 N–H and O–H groups in total. The van der Waals surface area contributed by atoms with Gasteiger partial charge in [0.05, 0.1) is 22.3 Å². The third-order valence-electron chi connectivity index (χ3n) is 5.51. The molecule has 168 valence electrons. The van der Waals surface area contributed by atoms with Crippen LogP contribution in [0, 0.1) is 0 Å². The summed E-state index contributed by atoms with van der Waals surface area (Å²) in [7, 11) is 0. The van der Waals surface area contributed by atoms with Gasteiger partial charge in [-0.25, -0.2) is 0 Å². The Hall–Kier alpha value is -2.38. The molecule has 6 nitrogen and oxygen atoms in total. The van der Waals surface area contributed by atoms with Crippen LogP contribution in [0.2, 0.25) is 10.0 Å². The fourth-order valence-corrected chi connectivity index (χ4v) is 4.04. The zero-order valence-corrected chi connectivity index (χ0v) is 19.3. The Morgan fingerprint density at radius 1 is 0.875 bits per heavy atom. The van der Waals surface area contributed by atoms with Crippen molar-refractivity contribution in [3.8, 4) is 11.6 Å². The molecule has 0 aliphatic carbocycles. The van der Waals surface area contributed by atoms with E-state index in [1.165, 1.54) is 16.3 Å². The summed E-state index contributed by atoms with van der Waals surface area (Å²) in [5.41, 5.74) is 1.65. The van der Waals surface area contributed by atoms with Gasteiger partial charge in [-0.1, -0.05) is 53.5 Å². The second kappa shape index (κ2) is 11.0. The lowest BCUT2D eigenvalue weighted by Crippen LogP contribution is -2.46. The van der Waals surface area contributed by atoms with Crippen LogP contribution in [0.25, 0.3) is 5.69 Å². The molecule has 8 heteroatoms. The van der Waals surface area contributed by atoms with Crippen LogP contribution >= 0.6 is 23.2 Å². The molecule has 4 rings (SSSR count). The van der Waals surface area contributed by atoms with Crippen LogP contribution in [0.1, 0.15) is 12.0 Å². The molecule has 0 bridgehead atoms. The van der Waals surface area contributed by atoms with Gasteiger partial charge in [-0.3, -0.25) is 9.69 Å². The molecule has 2 heterocycles. The second-order valence-corrected chi connectivity index (χ2v) is 8.64. The molecule has 3 aromatic rings. The lowest BCUT2D eigenvalue weighted by atomic mass is 10.2. The van der Waals surface area contributed by atoms with E-state index in [-0.39, 0.29) is 5.56 Å². The summed E-state index contributed by atoms with van der Waals surface area (Å²) >= 11 is 12.0. The first-order valence-corrected chi connectivity index (χ1v) is 11.5. The molecular formula is C24H26Cl2N4O2. The predicted octanol–water partition coefficient (Wildman–Crippen LogP) is 4.13. The molecule has 1 aliphatic heterocycles. The van der Waals surface area contributed by atoms with E-state index in [0.29, 0.717) is 28.2 Å². The van der Waals surface area contributed by atoms with Gasteiger partial charge < -0.3 is 9.64 Å². The summed E-state index contributed by atoms with van der Waals surface area (Å²) in [4.78, 5) is 17.2. The molecule has 0 radical (unpaired) electrons. The maximum absolute atomic E-state index is 12.2. The first-order chi connectivity index (χ1) is 15.6. The van der Waals surface area contributed by atoms with Crippen LogP contribution in [0.3, 0.4) is 0 Å². The van der Waals surface area contributed by atoms with E-state index in [0.717, 1.165) is 45.7 Å². The highest BCUT2D eigenvalue weighted by atomic mass is 35.5.